The highest BCUT2D eigenvalue weighted by Crippen LogP contribution is 2.38. The number of hydrogen-bond donors (Lipinski definition) is 0. The van der Waals surface area contributed by atoms with Gasteiger partial charge in [-0.05, 0) is 25.0 Å². The van der Waals surface area contributed by atoms with Gasteiger partial charge in [-0.2, -0.15) is 10.2 Å². The van der Waals surface area contributed by atoms with Crippen molar-refractivity contribution in [2.45, 2.75) is 50.3 Å². The van der Waals surface area contributed by atoms with Crippen molar-refractivity contribution in [2.24, 2.45) is 10.2 Å². The lowest BCUT2D eigenvalue weighted by atomic mass is 10.0. The standard InChI is InChI=1S/C18H22N4O2/c1-2-3-9-18(20-21-18)10-6-17(23)22(14-16-5-4-13-24-16)15-7-11-19-12-8-15/h1,7-8,11-12,16H,3-6,9-10,13-14H2. The van der Waals surface area contributed by atoms with Crippen molar-refractivity contribution >= 4 is 11.6 Å². The second kappa shape index (κ2) is 7.54. The van der Waals surface area contributed by atoms with Crippen molar-refractivity contribution in [3.8, 4) is 12.3 Å². The normalized spacial score (nSPS) is 20.5. The van der Waals surface area contributed by atoms with E-state index in [4.69, 9.17) is 11.2 Å². The predicted molar refractivity (Wildman–Crippen MR) is 90.5 cm³/mol. The smallest absolute Gasteiger partial charge is 0.227 e. The highest BCUT2D eigenvalue weighted by Gasteiger charge is 2.39. The summed E-state index contributed by atoms with van der Waals surface area (Å²) in [7, 11) is 0. The average Bonchev–Trinajstić information content (AvgIpc) is 3.20. The highest BCUT2D eigenvalue weighted by atomic mass is 16.5. The molecule has 3 rings (SSSR count). The van der Waals surface area contributed by atoms with Gasteiger partial charge in [0.25, 0.3) is 0 Å². The summed E-state index contributed by atoms with van der Waals surface area (Å²) in [5.74, 6) is 2.67. The van der Waals surface area contributed by atoms with Crippen molar-refractivity contribution in [1.29, 1.82) is 0 Å². The van der Waals surface area contributed by atoms with E-state index in [0.29, 0.717) is 25.8 Å². The molecule has 1 aromatic heterocycles. The molecule has 0 bridgehead atoms. The van der Waals surface area contributed by atoms with Crippen LogP contribution in [0, 0.1) is 12.3 Å². The Labute approximate surface area is 142 Å². The molecule has 0 aliphatic carbocycles. The van der Waals surface area contributed by atoms with E-state index in [-0.39, 0.29) is 12.0 Å². The summed E-state index contributed by atoms with van der Waals surface area (Å²) in [6.45, 7) is 1.35. The van der Waals surface area contributed by atoms with Crippen molar-refractivity contribution < 1.29 is 9.53 Å². The predicted octanol–water partition coefficient (Wildman–Crippen LogP) is 2.95. The van der Waals surface area contributed by atoms with E-state index in [9.17, 15) is 4.79 Å². The molecule has 0 spiro atoms. The minimum atomic E-state index is -0.421. The van der Waals surface area contributed by atoms with E-state index in [1.807, 2.05) is 12.1 Å². The molecule has 0 saturated carbocycles. The van der Waals surface area contributed by atoms with Gasteiger partial charge in [0.1, 0.15) is 0 Å². The molecule has 6 heteroatoms. The molecule has 0 N–H and O–H groups in total. The number of anilines is 1. The van der Waals surface area contributed by atoms with Crippen LogP contribution < -0.4 is 4.90 Å². The third-order valence-corrected chi connectivity index (χ3v) is 4.48. The van der Waals surface area contributed by atoms with Gasteiger partial charge in [0.15, 0.2) is 5.66 Å². The van der Waals surface area contributed by atoms with Gasteiger partial charge < -0.3 is 9.64 Å². The Balaban J connectivity index is 1.61. The maximum atomic E-state index is 12.8. The zero-order valence-corrected chi connectivity index (χ0v) is 13.7. The minimum absolute atomic E-state index is 0.0640. The first-order chi connectivity index (χ1) is 11.7. The average molecular weight is 326 g/mol. The van der Waals surface area contributed by atoms with Gasteiger partial charge in [-0.1, -0.05) is 0 Å². The van der Waals surface area contributed by atoms with Crippen LogP contribution >= 0.6 is 0 Å². The summed E-state index contributed by atoms with van der Waals surface area (Å²) >= 11 is 0. The summed E-state index contributed by atoms with van der Waals surface area (Å²) < 4.78 is 5.70. The molecule has 2 aliphatic rings. The lowest BCUT2D eigenvalue weighted by Crippen LogP contribution is -2.38. The van der Waals surface area contributed by atoms with Crippen LogP contribution in [0.25, 0.3) is 0 Å². The number of terminal acetylenes is 1. The quantitative estimate of drug-likeness (QED) is 0.690. The van der Waals surface area contributed by atoms with Gasteiger partial charge in [0.05, 0.1) is 12.6 Å². The molecule has 1 atom stereocenters. The fraction of sp³-hybridized carbons (Fsp3) is 0.556. The largest absolute Gasteiger partial charge is 0.376 e. The van der Waals surface area contributed by atoms with E-state index < -0.39 is 5.66 Å². The molecule has 6 nitrogen and oxygen atoms in total. The number of pyridine rings is 1. The number of carbonyl (C=O) groups excluding carboxylic acids is 1. The summed E-state index contributed by atoms with van der Waals surface area (Å²) in [6.07, 6.45) is 13.2. The molecule has 126 valence electrons. The number of ether oxygens (including phenoxy) is 1. The number of aromatic nitrogens is 1. The maximum Gasteiger partial charge on any atom is 0.227 e. The molecule has 2 aliphatic heterocycles. The Kier molecular flexibility index (Phi) is 5.21. The van der Waals surface area contributed by atoms with E-state index in [1.54, 1.807) is 17.3 Å². The fourth-order valence-corrected chi connectivity index (χ4v) is 2.98. The first-order valence-electron chi connectivity index (χ1n) is 8.42. The van der Waals surface area contributed by atoms with E-state index in [1.165, 1.54) is 0 Å². The van der Waals surface area contributed by atoms with Gasteiger partial charge in [-0.3, -0.25) is 9.78 Å². The van der Waals surface area contributed by atoms with Gasteiger partial charge in [0, 0.05) is 50.4 Å². The van der Waals surface area contributed by atoms with Crippen molar-refractivity contribution in [1.82, 2.24) is 4.98 Å². The summed E-state index contributed by atoms with van der Waals surface area (Å²) in [6, 6.07) is 3.71. The van der Waals surface area contributed by atoms with Gasteiger partial charge >= 0.3 is 0 Å². The minimum Gasteiger partial charge on any atom is -0.376 e. The highest BCUT2D eigenvalue weighted by molar-refractivity contribution is 5.93. The number of carbonyl (C=O) groups is 1. The van der Waals surface area contributed by atoms with Crippen LogP contribution in [-0.4, -0.2) is 35.8 Å². The monoisotopic (exact) mass is 326 g/mol. The zero-order chi connectivity index (χ0) is 16.8. The molecule has 3 heterocycles. The lowest BCUT2D eigenvalue weighted by molar-refractivity contribution is -0.119. The van der Waals surface area contributed by atoms with Gasteiger partial charge in [-0.25, -0.2) is 0 Å². The third kappa shape index (κ3) is 4.18. The molecule has 0 radical (unpaired) electrons. The summed E-state index contributed by atoms with van der Waals surface area (Å²) in [4.78, 5) is 18.6. The van der Waals surface area contributed by atoms with Crippen LogP contribution in [-0.2, 0) is 9.53 Å². The molecule has 0 aromatic carbocycles. The molecule has 1 fully saturated rings. The topological polar surface area (TPSA) is 67.2 Å². The Bertz CT molecular complexity index is 626. The second-order valence-electron chi connectivity index (χ2n) is 6.23. The van der Waals surface area contributed by atoms with Crippen LogP contribution in [0.1, 0.15) is 38.5 Å². The SMILES string of the molecule is C#CCCC1(CCC(=O)N(CC2CCCO2)c2ccncc2)N=N1. The molecule has 24 heavy (non-hydrogen) atoms. The summed E-state index contributed by atoms with van der Waals surface area (Å²) in [5, 5.41) is 8.21. The first-order valence-corrected chi connectivity index (χ1v) is 8.42. The first kappa shape index (κ1) is 16.6. The van der Waals surface area contributed by atoms with Crippen molar-refractivity contribution in [3.63, 3.8) is 0 Å². The maximum absolute atomic E-state index is 12.8. The number of hydrogen-bond acceptors (Lipinski definition) is 5. The number of nitrogens with zero attached hydrogens (tertiary/aromatic N) is 4. The number of amides is 1. The zero-order valence-electron chi connectivity index (χ0n) is 13.7. The van der Waals surface area contributed by atoms with Gasteiger partial charge in [0.2, 0.25) is 5.91 Å². The van der Waals surface area contributed by atoms with E-state index in [2.05, 4.69) is 21.1 Å². The second-order valence-corrected chi connectivity index (χ2v) is 6.23. The van der Waals surface area contributed by atoms with Crippen LogP contribution in [0.4, 0.5) is 5.69 Å². The van der Waals surface area contributed by atoms with Crippen molar-refractivity contribution in [2.75, 3.05) is 18.1 Å². The molecular formula is C18H22N4O2. The van der Waals surface area contributed by atoms with E-state index in [0.717, 1.165) is 31.6 Å². The van der Waals surface area contributed by atoms with Crippen LogP contribution in [0.2, 0.25) is 0 Å². The number of rotatable bonds is 8. The Morgan fingerprint density at radius 2 is 2.17 bits per heavy atom. The van der Waals surface area contributed by atoms with Crippen LogP contribution in [0.15, 0.2) is 34.8 Å². The Hall–Kier alpha value is -2.26. The van der Waals surface area contributed by atoms with Crippen LogP contribution in [0.3, 0.4) is 0 Å². The molecule has 1 aromatic rings. The fourth-order valence-electron chi connectivity index (χ4n) is 2.98. The van der Waals surface area contributed by atoms with E-state index >= 15 is 0 Å². The Morgan fingerprint density at radius 3 is 2.79 bits per heavy atom. The van der Waals surface area contributed by atoms with Gasteiger partial charge in [-0.15, -0.1) is 12.3 Å². The van der Waals surface area contributed by atoms with Crippen LogP contribution in [0.5, 0.6) is 0 Å². The summed E-state index contributed by atoms with van der Waals surface area (Å²) in [5.41, 5.74) is 0.434. The Morgan fingerprint density at radius 1 is 1.38 bits per heavy atom. The third-order valence-electron chi connectivity index (χ3n) is 4.48. The molecule has 1 saturated heterocycles. The van der Waals surface area contributed by atoms with Crippen molar-refractivity contribution in [3.05, 3.63) is 24.5 Å². The molecule has 1 amide bonds. The lowest BCUT2D eigenvalue weighted by Gasteiger charge is -2.26. The molecular weight excluding hydrogens is 304 g/mol. The molecule has 1 unspecified atom stereocenters.